The van der Waals surface area contributed by atoms with Crippen molar-refractivity contribution in [1.29, 1.82) is 0 Å². The molecule has 20 heavy (non-hydrogen) atoms. The normalized spacial score (nSPS) is 28.1. The van der Waals surface area contributed by atoms with Gasteiger partial charge in [-0.3, -0.25) is 0 Å². The minimum absolute atomic E-state index is 0.332. The second-order valence-corrected chi connectivity index (χ2v) is 5.88. The maximum Gasteiger partial charge on any atom is 0.231 e. The fraction of sp³-hybridized carbons (Fsp3) is 0.500. The molecule has 2 aromatic rings. The molecule has 0 spiro atoms. The number of nitrogens with zero attached hydrogens (tertiary/aromatic N) is 2. The van der Waals surface area contributed by atoms with Crippen LogP contribution in [0.15, 0.2) is 28.8 Å². The van der Waals surface area contributed by atoms with E-state index in [1.165, 1.54) is 24.0 Å². The molecule has 2 aliphatic rings. The van der Waals surface area contributed by atoms with Crippen molar-refractivity contribution in [2.45, 2.75) is 43.6 Å². The molecule has 3 unspecified atom stereocenters. The molecule has 0 radical (unpaired) electrons. The number of hydrogen-bond acceptors (Lipinski definition) is 4. The predicted octanol–water partition coefficient (Wildman–Crippen LogP) is 2.61. The van der Waals surface area contributed by atoms with Crippen molar-refractivity contribution in [3.8, 4) is 0 Å². The number of benzene rings is 1. The first kappa shape index (κ1) is 12.1. The molecule has 1 aromatic carbocycles. The Morgan fingerprint density at radius 1 is 1.25 bits per heavy atom. The number of hydrogen-bond donors (Lipinski definition) is 1. The monoisotopic (exact) mass is 269 g/mol. The van der Waals surface area contributed by atoms with Gasteiger partial charge in [0.05, 0.1) is 11.8 Å². The molecule has 0 saturated heterocycles. The Morgan fingerprint density at radius 3 is 3.00 bits per heavy atom. The number of rotatable bonds is 3. The van der Waals surface area contributed by atoms with Crippen molar-refractivity contribution in [2.75, 3.05) is 7.05 Å². The summed E-state index contributed by atoms with van der Waals surface area (Å²) in [5, 5.41) is 7.60. The Bertz CT molecular complexity index is 622. The lowest BCUT2D eigenvalue weighted by atomic mass is 9.77. The molecule has 0 amide bonds. The summed E-state index contributed by atoms with van der Waals surface area (Å²) >= 11 is 0. The summed E-state index contributed by atoms with van der Waals surface area (Å²) in [5.74, 6) is 2.40. The minimum Gasteiger partial charge on any atom is -0.339 e. The Hall–Kier alpha value is -1.68. The highest BCUT2D eigenvalue weighted by molar-refractivity contribution is 5.43. The Balaban J connectivity index is 1.58. The third-order valence-corrected chi connectivity index (χ3v) is 4.83. The average molecular weight is 269 g/mol. The molecule has 1 saturated carbocycles. The fourth-order valence-corrected chi connectivity index (χ4v) is 3.63. The molecule has 2 aliphatic carbocycles. The van der Waals surface area contributed by atoms with Crippen LogP contribution in [0.2, 0.25) is 0 Å². The molecule has 1 fully saturated rings. The van der Waals surface area contributed by atoms with Gasteiger partial charge in [0, 0.05) is 6.04 Å². The molecule has 4 nitrogen and oxygen atoms in total. The first-order valence-electron chi connectivity index (χ1n) is 7.45. The van der Waals surface area contributed by atoms with Crippen molar-refractivity contribution in [1.82, 2.24) is 15.5 Å². The summed E-state index contributed by atoms with van der Waals surface area (Å²) in [6.45, 7) is 0. The third kappa shape index (κ3) is 1.79. The highest BCUT2D eigenvalue weighted by Crippen LogP contribution is 2.40. The van der Waals surface area contributed by atoms with Gasteiger partial charge < -0.3 is 9.84 Å². The van der Waals surface area contributed by atoms with Crippen LogP contribution in [-0.2, 0) is 6.42 Å². The van der Waals surface area contributed by atoms with Crippen LogP contribution < -0.4 is 5.32 Å². The molecule has 4 heteroatoms. The van der Waals surface area contributed by atoms with Gasteiger partial charge in [0.2, 0.25) is 5.89 Å². The van der Waals surface area contributed by atoms with Gasteiger partial charge >= 0.3 is 0 Å². The van der Waals surface area contributed by atoms with E-state index in [0.717, 1.165) is 24.6 Å². The van der Waals surface area contributed by atoms with Gasteiger partial charge in [-0.15, -0.1) is 0 Å². The second kappa shape index (κ2) is 4.70. The lowest BCUT2D eigenvalue weighted by Gasteiger charge is -2.27. The zero-order valence-corrected chi connectivity index (χ0v) is 11.7. The van der Waals surface area contributed by atoms with Crippen LogP contribution in [0.4, 0.5) is 0 Å². The summed E-state index contributed by atoms with van der Waals surface area (Å²) in [4.78, 5) is 4.69. The van der Waals surface area contributed by atoms with Crippen molar-refractivity contribution >= 4 is 0 Å². The van der Waals surface area contributed by atoms with E-state index in [1.54, 1.807) is 0 Å². The molecule has 0 aliphatic heterocycles. The highest BCUT2D eigenvalue weighted by Gasteiger charge is 2.35. The Kier molecular flexibility index (Phi) is 2.84. The third-order valence-electron chi connectivity index (χ3n) is 4.83. The van der Waals surface area contributed by atoms with Crippen LogP contribution >= 0.6 is 0 Å². The van der Waals surface area contributed by atoms with Crippen LogP contribution in [0.1, 0.15) is 53.9 Å². The molecule has 1 N–H and O–H groups in total. The summed E-state index contributed by atoms with van der Waals surface area (Å²) in [6, 6.07) is 9.01. The maximum atomic E-state index is 5.55. The maximum absolute atomic E-state index is 5.55. The smallest absolute Gasteiger partial charge is 0.231 e. The zero-order valence-electron chi connectivity index (χ0n) is 11.7. The van der Waals surface area contributed by atoms with E-state index < -0.39 is 0 Å². The van der Waals surface area contributed by atoms with Gasteiger partial charge in [-0.05, 0) is 37.4 Å². The van der Waals surface area contributed by atoms with Gasteiger partial charge in [-0.2, -0.15) is 4.98 Å². The zero-order chi connectivity index (χ0) is 13.5. The van der Waals surface area contributed by atoms with Gasteiger partial charge in [0.25, 0.3) is 0 Å². The lowest BCUT2D eigenvalue weighted by molar-refractivity contribution is 0.331. The molecule has 3 atom stereocenters. The highest BCUT2D eigenvalue weighted by atomic mass is 16.5. The lowest BCUT2D eigenvalue weighted by Crippen LogP contribution is -2.27. The van der Waals surface area contributed by atoms with Crippen molar-refractivity contribution in [3.63, 3.8) is 0 Å². The quantitative estimate of drug-likeness (QED) is 0.930. The molecular formula is C16H19N3O. The van der Waals surface area contributed by atoms with Crippen LogP contribution in [0.25, 0.3) is 0 Å². The summed E-state index contributed by atoms with van der Waals surface area (Å²) in [5.41, 5.74) is 2.77. The van der Waals surface area contributed by atoms with Crippen LogP contribution in [0.3, 0.4) is 0 Å². The Labute approximate surface area is 118 Å². The van der Waals surface area contributed by atoms with Crippen molar-refractivity contribution in [2.24, 2.45) is 0 Å². The topological polar surface area (TPSA) is 51.0 Å². The average Bonchev–Trinajstić information content (AvgIpc) is 3.08. The van der Waals surface area contributed by atoms with Crippen LogP contribution in [0.5, 0.6) is 0 Å². The van der Waals surface area contributed by atoms with E-state index in [2.05, 4.69) is 34.7 Å². The molecule has 0 bridgehead atoms. The molecule has 1 heterocycles. The molecule has 1 aromatic heterocycles. The van der Waals surface area contributed by atoms with Gasteiger partial charge in [-0.25, -0.2) is 0 Å². The van der Waals surface area contributed by atoms with Gasteiger partial charge in [-0.1, -0.05) is 35.8 Å². The van der Waals surface area contributed by atoms with Crippen LogP contribution in [-0.4, -0.2) is 23.2 Å². The number of aromatic nitrogens is 2. The summed E-state index contributed by atoms with van der Waals surface area (Å²) < 4.78 is 5.55. The SMILES string of the molecule is CNC1CCCC1c1nc(C2Cc3ccccc32)no1. The molecule has 104 valence electrons. The van der Waals surface area contributed by atoms with E-state index in [4.69, 9.17) is 9.51 Å². The minimum atomic E-state index is 0.332. The molecular weight excluding hydrogens is 250 g/mol. The van der Waals surface area contributed by atoms with Crippen molar-refractivity contribution < 1.29 is 4.52 Å². The van der Waals surface area contributed by atoms with E-state index in [1.807, 2.05) is 7.05 Å². The van der Waals surface area contributed by atoms with Crippen LogP contribution in [0, 0.1) is 0 Å². The first-order chi connectivity index (χ1) is 9.86. The molecule has 4 rings (SSSR count). The fourth-order valence-electron chi connectivity index (χ4n) is 3.63. The van der Waals surface area contributed by atoms with E-state index in [-0.39, 0.29) is 0 Å². The second-order valence-electron chi connectivity index (χ2n) is 5.88. The summed E-state index contributed by atoms with van der Waals surface area (Å²) in [6.07, 6.45) is 4.62. The van der Waals surface area contributed by atoms with E-state index in [0.29, 0.717) is 17.9 Å². The first-order valence-corrected chi connectivity index (χ1v) is 7.45. The standard InChI is InChI=1S/C16H19N3O/c1-17-14-8-4-7-12(14)16-18-15(19-20-16)13-9-10-5-2-3-6-11(10)13/h2-3,5-6,12-14,17H,4,7-9H2,1H3. The summed E-state index contributed by atoms with van der Waals surface area (Å²) in [7, 11) is 2.02. The van der Waals surface area contributed by atoms with E-state index in [9.17, 15) is 0 Å². The number of likely N-dealkylation sites (N-methyl/N-ethyl adjacent to an activating group) is 1. The van der Waals surface area contributed by atoms with E-state index >= 15 is 0 Å². The van der Waals surface area contributed by atoms with Gasteiger partial charge in [0.1, 0.15) is 0 Å². The number of fused-ring (bicyclic) bond motifs is 1. The largest absolute Gasteiger partial charge is 0.339 e. The van der Waals surface area contributed by atoms with Gasteiger partial charge in [0.15, 0.2) is 5.82 Å². The predicted molar refractivity (Wildman–Crippen MR) is 75.7 cm³/mol. The number of nitrogens with one attached hydrogen (secondary N) is 1. The van der Waals surface area contributed by atoms with Crippen molar-refractivity contribution in [3.05, 3.63) is 47.1 Å². The Morgan fingerprint density at radius 2 is 2.15 bits per heavy atom.